The van der Waals surface area contributed by atoms with Crippen molar-refractivity contribution in [3.05, 3.63) is 65.7 Å². The van der Waals surface area contributed by atoms with E-state index in [2.05, 4.69) is 29.6 Å². The highest BCUT2D eigenvalue weighted by Gasteiger charge is 2.28. The van der Waals surface area contributed by atoms with E-state index in [4.69, 9.17) is 4.74 Å². The van der Waals surface area contributed by atoms with Gasteiger partial charge in [0, 0.05) is 10.9 Å². The first-order valence-electron chi connectivity index (χ1n) is 7.40. The van der Waals surface area contributed by atoms with E-state index < -0.39 is 6.04 Å². The largest absolute Gasteiger partial charge is 0.468 e. The Bertz CT molecular complexity index is 645. The minimum Gasteiger partial charge on any atom is -0.468 e. The third kappa shape index (κ3) is 3.18. The Balaban J connectivity index is 1.87. The molecule has 1 N–H and O–H groups in total. The second-order valence-electron chi connectivity index (χ2n) is 5.26. The molecule has 0 bridgehead atoms. The lowest BCUT2D eigenvalue weighted by molar-refractivity contribution is -0.143. The maximum Gasteiger partial charge on any atom is 0.327 e. The first kappa shape index (κ1) is 15.1. The van der Waals surface area contributed by atoms with E-state index in [1.165, 1.54) is 17.6 Å². The molecule has 0 amide bonds. The van der Waals surface area contributed by atoms with Crippen molar-refractivity contribution in [1.29, 1.82) is 0 Å². The number of esters is 1. The highest BCUT2D eigenvalue weighted by molar-refractivity contribution is 7.99. The maximum absolute atomic E-state index is 12.2. The van der Waals surface area contributed by atoms with Gasteiger partial charge >= 0.3 is 5.97 Å². The minimum absolute atomic E-state index is 0.168. The van der Waals surface area contributed by atoms with Crippen molar-refractivity contribution < 1.29 is 9.53 Å². The Morgan fingerprint density at radius 1 is 1.18 bits per heavy atom. The number of hydrogen-bond acceptors (Lipinski definition) is 4. The molecule has 1 heterocycles. The van der Waals surface area contributed by atoms with Crippen LogP contribution in [0.5, 0.6) is 0 Å². The molecule has 0 saturated heterocycles. The molecule has 0 saturated carbocycles. The van der Waals surface area contributed by atoms with Crippen LogP contribution in [-0.4, -0.2) is 18.8 Å². The van der Waals surface area contributed by atoms with E-state index in [9.17, 15) is 4.79 Å². The van der Waals surface area contributed by atoms with Gasteiger partial charge in [-0.2, -0.15) is 0 Å². The van der Waals surface area contributed by atoms with Crippen LogP contribution in [0.1, 0.15) is 29.6 Å². The zero-order chi connectivity index (χ0) is 15.4. The number of fused-ring (bicyclic) bond motifs is 1. The average molecular weight is 313 g/mol. The molecule has 0 radical (unpaired) electrons. The maximum atomic E-state index is 12.2. The van der Waals surface area contributed by atoms with Crippen LogP contribution in [0.4, 0.5) is 0 Å². The van der Waals surface area contributed by atoms with Crippen LogP contribution in [0.15, 0.2) is 59.5 Å². The van der Waals surface area contributed by atoms with E-state index in [-0.39, 0.29) is 12.0 Å². The molecule has 0 unspecified atom stereocenters. The van der Waals surface area contributed by atoms with E-state index in [1.54, 1.807) is 0 Å². The van der Waals surface area contributed by atoms with Crippen LogP contribution in [0.3, 0.4) is 0 Å². The van der Waals surface area contributed by atoms with Crippen molar-refractivity contribution >= 4 is 17.7 Å². The molecule has 0 spiro atoms. The Labute approximate surface area is 135 Å². The minimum atomic E-state index is -0.438. The molecule has 1 aliphatic rings. The summed E-state index contributed by atoms with van der Waals surface area (Å²) in [6.07, 6.45) is 1.00. The zero-order valence-corrected chi connectivity index (χ0v) is 13.3. The number of thioether (sulfide) groups is 1. The van der Waals surface area contributed by atoms with Gasteiger partial charge in [0.25, 0.3) is 0 Å². The fraction of sp³-hybridized carbons (Fsp3) is 0.278. The third-order valence-corrected chi connectivity index (χ3v) is 5.02. The molecule has 0 fully saturated rings. The molecule has 2 aromatic carbocycles. The number of methoxy groups -OCH3 is 1. The average Bonchev–Trinajstić information content (AvgIpc) is 2.60. The number of nitrogens with one attached hydrogen (secondary N) is 1. The van der Waals surface area contributed by atoms with Crippen molar-refractivity contribution in [1.82, 2.24) is 5.32 Å². The van der Waals surface area contributed by atoms with Crippen LogP contribution in [0.2, 0.25) is 0 Å². The summed E-state index contributed by atoms with van der Waals surface area (Å²) in [7, 11) is 1.44. The molecule has 2 atom stereocenters. The summed E-state index contributed by atoms with van der Waals surface area (Å²) < 4.78 is 4.99. The standard InChI is InChI=1S/C18H19NO2S/c1-21-18(20)17(13-7-3-2-4-8-13)19-15-11-12-22-16-10-6-5-9-14(15)16/h2-10,15,17,19H,11-12H2,1H3/t15-,17-/m0/s1. The highest BCUT2D eigenvalue weighted by atomic mass is 32.2. The number of benzene rings is 2. The van der Waals surface area contributed by atoms with Gasteiger partial charge in [-0.3, -0.25) is 5.32 Å². The topological polar surface area (TPSA) is 38.3 Å². The van der Waals surface area contributed by atoms with Crippen molar-refractivity contribution in [2.24, 2.45) is 0 Å². The van der Waals surface area contributed by atoms with Crippen LogP contribution in [0.25, 0.3) is 0 Å². The van der Waals surface area contributed by atoms with E-state index >= 15 is 0 Å². The summed E-state index contributed by atoms with van der Waals surface area (Å²) in [5.41, 5.74) is 2.20. The van der Waals surface area contributed by atoms with Crippen LogP contribution < -0.4 is 5.32 Å². The monoisotopic (exact) mass is 313 g/mol. The molecule has 2 aromatic rings. The molecule has 1 aliphatic heterocycles. The van der Waals surface area contributed by atoms with Gasteiger partial charge in [-0.1, -0.05) is 48.5 Å². The van der Waals surface area contributed by atoms with Gasteiger partial charge in [0.1, 0.15) is 6.04 Å². The van der Waals surface area contributed by atoms with Crippen LogP contribution in [0, 0.1) is 0 Å². The van der Waals surface area contributed by atoms with Crippen molar-refractivity contribution in [3.8, 4) is 0 Å². The van der Waals surface area contributed by atoms with Crippen molar-refractivity contribution in [3.63, 3.8) is 0 Å². The predicted octanol–water partition coefficient (Wildman–Crippen LogP) is 3.73. The van der Waals surface area contributed by atoms with Gasteiger partial charge in [-0.05, 0) is 29.4 Å². The predicted molar refractivity (Wildman–Crippen MR) is 88.9 cm³/mol. The van der Waals surface area contributed by atoms with Gasteiger partial charge in [-0.15, -0.1) is 11.8 Å². The molecule has 0 aromatic heterocycles. The Hall–Kier alpha value is -1.78. The first-order valence-corrected chi connectivity index (χ1v) is 8.38. The molecule has 22 heavy (non-hydrogen) atoms. The van der Waals surface area contributed by atoms with E-state index in [0.717, 1.165) is 17.7 Å². The van der Waals surface area contributed by atoms with Gasteiger partial charge in [-0.25, -0.2) is 4.79 Å². The summed E-state index contributed by atoms with van der Waals surface area (Å²) in [6.45, 7) is 0. The second kappa shape index (κ2) is 6.99. The lowest BCUT2D eigenvalue weighted by Crippen LogP contribution is -2.34. The summed E-state index contributed by atoms with van der Waals surface area (Å²) in [6, 6.07) is 17.9. The number of carbonyl (C=O) groups is 1. The fourth-order valence-corrected chi connectivity index (χ4v) is 3.91. The summed E-state index contributed by atoms with van der Waals surface area (Å²) in [5.74, 6) is 0.805. The van der Waals surface area contributed by atoms with E-state index in [0.29, 0.717) is 0 Å². The smallest absolute Gasteiger partial charge is 0.327 e. The third-order valence-electron chi connectivity index (χ3n) is 3.90. The Morgan fingerprint density at radius 3 is 2.68 bits per heavy atom. The lowest BCUT2D eigenvalue weighted by Gasteiger charge is -2.29. The molecular weight excluding hydrogens is 294 g/mol. The lowest BCUT2D eigenvalue weighted by atomic mass is 10.00. The molecule has 3 rings (SSSR count). The van der Waals surface area contributed by atoms with Crippen molar-refractivity contribution in [2.75, 3.05) is 12.9 Å². The molecular formula is C18H19NO2S. The van der Waals surface area contributed by atoms with E-state index in [1.807, 2.05) is 42.1 Å². The highest BCUT2D eigenvalue weighted by Crippen LogP contribution is 2.37. The molecule has 3 nitrogen and oxygen atoms in total. The molecule has 4 heteroatoms. The fourth-order valence-electron chi connectivity index (χ4n) is 2.78. The van der Waals surface area contributed by atoms with Crippen LogP contribution >= 0.6 is 11.8 Å². The zero-order valence-electron chi connectivity index (χ0n) is 12.5. The molecule has 114 valence electrons. The Morgan fingerprint density at radius 2 is 1.91 bits per heavy atom. The number of rotatable bonds is 4. The Kier molecular flexibility index (Phi) is 4.80. The van der Waals surface area contributed by atoms with Gasteiger partial charge in [0.05, 0.1) is 7.11 Å². The van der Waals surface area contributed by atoms with Gasteiger partial charge < -0.3 is 4.74 Å². The van der Waals surface area contributed by atoms with Crippen molar-refractivity contribution in [2.45, 2.75) is 23.4 Å². The summed E-state index contributed by atoms with van der Waals surface area (Å²) in [5, 5.41) is 3.49. The molecule has 0 aliphatic carbocycles. The quantitative estimate of drug-likeness (QED) is 0.873. The summed E-state index contributed by atoms with van der Waals surface area (Å²) in [4.78, 5) is 13.5. The van der Waals surface area contributed by atoms with Gasteiger partial charge in [0.15, 0.2) is 0 Å². The number of ether oxygens (including phenoxy) is 1. The SMILES string of the molecule is COC(=O)[C@@H](N[C@H]1CCSc2ccccc21)c1ccccc1. The summed E-state index contributed by atoms with van der Waals surface area (Å²) >= 11 is 1.87. The van der Waals surface area contributed by atoms with Crippen LogP contribution in [-0.2, 0) is 9.53 Å². The first-order chi connectivity index (χ1) is 10.8. The second-order valence-corrected chi connectivity index (χ2v) is 6.40. The van der Waals surface area contributed by atoms with Gasteiger partial charge in [0.2, 0.25) is 0 Å². The number of hydrogen-bond donors (Lipinski definition) is 1. The normalized spacial score (nSPS) is 18.3. The number of carbonyl (C=O) groups excluding carboxylic acids is 1.